The molecule has 1 fully saturated rings. The zero-order valence-corrected chi connectivity index (χ0v) is 9.76. The number of nitrogens with zero attached hydrogens (tertiary/aromatic N) is 2. The predicted octanol–water partition coefficient (Wildman–Crippen LogP) is 2.29. The Kier molecular flexibility index (Phi) is 4.34. The normalized spacial score (nSPS) is 15.7. The second-order valence-corrected chi connectivity index (χ2v) is 4.12. The van der Waals surface area contributed by atoms with E-state index in [9.17, 15) is 0 Å². The van der Waals surface area contributed by atoms with Gasteiger partial charge < -0.3 is 9.47 Å². The molecule has 0 unspecified atom stereocenters. The zero-order valence-electron chi connectivity index (χ0n) is 9.76. The highest BCUT2D eigenvalue weighted by Gasteiger charge is 2.14. The number of aromatic nitrogens is 1. The van der Waals surface area contributed by atoms with Gasteiger partial charge >= 0.3 is 0 Å². The maximum Gasteiger partial charge on any atom is 0.213 e. The monoisotopic (exact) mass is 232 g/mol. The fourth-order valence-corrected chi connectivity index (χ4v) is 1.95. The van der Waals surface area contributed by atoms with Gasteiger partial charge in [-0.1, -0.05) is 12.8 Å². The Bertz CT molecular complexity index is 377. The Balaban J connectivity index is 1.65. The zero-order chi connectivity index (χ0) is 11.9. The van der Waals surface area contributed by atoms with Crippen molar-refractivity contribution in [3.63, 3.8) is 0 Å². The van der Waals surface area contributed by atoms with Gasteiger partial charge in [-0.25, -0.2) is 4.98 Å². The summed E-state index contributed by atoms with van der Waals surface area (Å²) in [7, 11) is 0. The molecular formula is C13H16N2O2. The molecule has 0 amide bonds. The summed E-state index contributed by atoms with van der Waals surface area (Å²) in [5.41, 5.74) is 0.541. The molecule has 0 spiro atoms. The third-order valence-corrected chi connectivity index (χ3v) is 2.85. The summed E-state index contributed by atoms with van der Waals surface area (Å²) in [6.07, 6.45) is 6.84. The van der Waals surface area contributed by atoms with Crippen LogP contribution in [-0.4, -0.2) is 24.3 Å². The Labute approximate surface area is 101 Å². The molecule has 0 radical (unpaired) electrons. The van der Waals surface area contributed by atoms with Gasteiger partial charge in [0.05, 0.1) is 18.3 Å². The maximum absolute atomic E-state index is 8.61. The molecule has 1 aliphatic carbocycles. The van der Waals surface area contributed by atoms with Crippen LogP contribution < -0.4 is 4.74 Å². The lowest BCUT2D eigenvalue weighted by atomic mass is 10.3. The summed E-state index contributed by atoms with van der Waals surface area (Å²) >= 11 is 0. The molecule has 0 saturated heterocycles. The molecule has 4 heteroatoms. The van der Waals surface area contributed by atoms with Gasteiger partial charge in [0.2, 0.25) is 5.88 Å². The van der Waals surface area contributed by atoms with Crippen molar-refractivity contribution < 1.29 is 9.47 Å². The summed E-state index contributed by atoms with van der Waals surface area (Å²) in [4.78, 5) is 4.02. The standard InChI is InChI=1S/C13H16N2O2/c14-9-11-5-6-13(15-10-11)17-8-7-16-12-3-1-2-4-12/h5-6,10,12H,1-4,7-8H2. The SMILES string of the molecule is N#Cc1ccc(OCCOC2CCCC2)nc1. The third-order valence-electron chi connectivity index (χ3n) is 2.85. The minimum atomic E-state index is 0.424. The van der Waals surface area contributed by atoms with Crippen LogP contribution >= 0.6 is 0 Å². The minimum absolute atomic E-state index is 0.424. The second-order valence-electron chi connectivity index (χ2n) is 4.12. The molecule has 1 aliphatic rings. The summed E-state index contributed by atoms with van der Waals surface area (Å²) in [6, 6.07) is 5.41. The molecule has 90 valence electrons. The van der Waals surface area contributed by atoms with Crippen molar-refractivity contribution >= 4 is 0 Å². The molecule has 2 rings (SSSR count). The fourth-order valence-electron chi connectivity index (χ4n) is 1.95. The first kappa shape index (κ1) is 11.9. The second kappa shape index (κ2) is 6.21. The predicted molar refractivity (Wildman–Crippen MR) is 62.7 cm³/mol. The topological polar surface area (TPSA) is 55.1 Å². The molecule has 1 aromatic rings. The number of ether oxygens (including phenoxy) is 2. The number of hydrogen-bond donors (Lipinski definition) is 0. The molecule has 0 bridgehead atoms. The van der Waals surface area contributed by atoms with Gasteiger partial charge in [0.25, 0.3) is 0 Å². The Hall–Kier alpha value is -1.60. The number of pyridine rings is 1. The molecule has 1 aromatic heterocycles. The lowest BCUT2D eigenvalue weighted by Crippen LogP contribution is -2.14. The van der Waals surface area contributed by atoms with Crippen LogP contribution in [-0.2, 0) is 4.74 Å². The first-order valence-electron chi connectivity index (χ1n) is 5.99. The Morgan fingerprint density at radius 3 is 2.76 bits per heavy atom. The summed E-state index contributed by atoms with van der Waals surface area (Å²) in [5.74, 6) is 0.541. The quantitative estimate of drug-likeness (QED) is 0.731. The number of nitriles is 1. The van der Waals surface area contributed by atoms with Crippen LogP contribution in [0.3, 0.4) is 0 Å². The smallest absolute Gasteiger partial charge is 0.213 e. The molecule has 0 atom stereocenters. The molecular weight excluding hydrogens is 216 g/mol. The van der Waals surface area contributed by atoms with Crippen LogP contribution in [0.5, 0.6) is 5.88 Å². The lowest BCUT2D eigenvalue weighted by molar-refractivity contribution is 0.0374. The van der Waals surface area contributed by atoms with E-state index in [1.54, 1.807) is 12.1 Å². The summed E-state index contributed by atoms with van der Waals surface area (Å²) in [6.45, 7) is 1.11. The van der Waals surface area contributed by atoms with Crippen molar-refractivity contribution in [3.8, 4) is 11.9 Å². The van der Waals surface area contributed by atoms with Crippen LogP contribution in [0, 0.1) is 11.3 Å². The van der Waals surface area contributed by atoms with E-state index in [-0.39, 0.29) is 0 Å². The number of hydrogen-bond acceptors (Lipinski definition) is 4. The Morgan fingerprint density at radius 2 is 2.12 bits per heavy atom. The van der Waals surface area contributed by atoms with Gasteiger partial charge in [0, 0.05) is 12.3 Å². The molecule has 4 nitrogen and oxygen atoms in total. The van der Waals surface area contributed by atoms with Crippen molar-refractivity contribution in [1.29, 1.82) is 5.26 Å². The maximum atomic E-state index is 8.61. The van der Waals surface area contributed by atoms with Crippen molar-refractivity contribution in [2.75, 3.05) is 13.2 Å². The largest absolute Gasteiger partial charge is 0.475 e. The van der Waals surface area contributed by atoms with Crippen LogP contribution in [0.25, 0.3) is 0 Å². The molecule has 17 heavy (non-hydrogen) atoms. The van der Waals surface area contributed by atoms with E-state index in [4.69, 9.17) is 14.7 Å². The van der Waals surface area contributed by atoms with E-state index < -0.39 is 0 Å². The highest BCUT2D eigenvalue weighted by molar-refractivity contribution is 5.28. The average Bonchev–Trinajstić information content (AvgIpc) is 2.88. The van der Waals surface area contributed by atoms with Crippen molar-refractivity contribution in [2.24, 2.45) is 0 Å². The van der Waals surface area contributed by atoms with Gasteiger partial charge in [-0.3, -0.25) is 0 Å². The van der Waals surface area contributed by atoms with E-state index in [0.717, 1.165) is 0 Å². The molecule has 0 aliphatic heterocycles. The van der Waals surface area contributed by atoms with E-state index in [2.05, 4.69) is 4.98 Å². The van der Waals surface area contributed by atoms with E-state index in [0.29, 0.717) is 30.8 Å². The van der Waals surface area contributed by atoms with Crippen LogP contribution in [0.15, 0.2) is 18.3 Å². The van der Waals surface area contributed by atoms with Gasteiger partial charge in [-0.05, 0) is 18.9 Å². The molecule has 1 heterocycles. The third kappa shape index (κ3) is 3.72. The summed E-state index contributed by atoms with van der Waals surface area (Å²) in [5, 5.41) is 8.61. The average molecular weight is 232 g/mol. The van der Waals surface area contributed by atoms with Crippen molar-refractivity contribution in [1.82, 2.24) is 4.98 Å². The first-order valence-corrected chi connectivity index (χ1v) is 5.99. The van der Waals surface area contributed by atoms with Crippen LogP contribution in [0.2, 0.25) is 0 Å². The number of rotatable bonds is 5. The highest BCUT2D eigenvalue weighted by Crippen LogP contribution is 2.20. The van der Waals surface area contributed by atoms with Gasteiger partial charge in [-0.15, -0.1) is 0 Å². The fraction of sp³-hybridized carbons (Fsp3) is 0.538. The minimum Gasteiger partial charge on any atom is -0.475 e. The first-order chi connectivity index (χ1) is 8.38. The van der Waals surface area contributed by atoms with E-state index >= 15 is 0 Å². The van der Waals surface area contributed by atoms with E-state index in [1.165, 1.54) is 31.9 Å². The van der Waals surface area contributed by atoms with Gasteiger partial charge in [0.15, 0.2) is 0 Å². The molecule has 0 aromatic carbocycles. The van der Waals surface area contributed by atoms with Gasteiger partial charge in [0.1, 0.15) is 12.7 Å². The van der Waals surface area contributed by atoms with E-state index in [1.807, 2.05) is 6.07 Å². The lowest BCUT2D eigenvalue weighted by Gasteiger charge is -2.11. The van der Waals surface area contributed by atoms with Crippen LogP contribution in [0.1, 0.15) is 31.2 Å². The molecule has 0 N–H and O–H groups in total. The van der Waals surface area contributed by atoms with Crippen molar-refractivity contribution in [3.05, 3.63) is 23.9 Å². The molecule has 1 saturated carbocycles. The summed E-state index contributed by atoms with van der Waals surface area (Å²) < 4.78 is 11.1. The highest BCUT2D eigenvalue weighted by atomic mass is 16.5. The van der Waals surface area contributed by atoms with Crippen molar-refractivity contribution in [2.45, 2.75) is 31.8 Å². The Morgan fingerprint density at radius 1 is 1.29 bits per heavy atom. The van der Waals surface area contributed by atoms with Gasteiger partial charge in [-0.2, -0.15) is 5.26 Å². The van der Waals surface area contributed by atoms with Crippen LogP contribution in [0.4, 0.5) is 0 Å².